The maximum Gasteiger partial charge on any atom is 0.257 e. The number of fused-ring (bicyclic) bond motifs is 2. The van der Waals surface area contributed by atoms with Gasteiger partial charge in [-0.05, 0) is 67.7 Å². The SMILES string of the molecule is C[C@]1(CO)[C@H]2Cc3sc(NC(=O)c4ccc(F)cc4)nc3[C@@H](CC(=O)NC3CCCC3)[C@]2(C)CC[C@H]1O. The van der Waals surface area contributed by atoms with Gasteiger partial charge in [-0.25, -0.2) is 9.37 Å². The van der Waals surface area contributed by atoms with Gasteiger partial charge in [0.25, 0.3) is 5.91 Å². The van der Waals surface area contributed by atoms with E-state index in [4.69, 9.17) is 4.98 Å². The van der Waals surface area contributed by atoms with E-state index < -0.39 is 17.3 Å². The summed E-state index contributed by atoms with van der Waals surface area (Å²) in [6.07, 6.45) is 5.83. The van der Waals surface area contributed by atoms with Crippen LogP contribution in [0.2, 0.25) is 0 Å². The molecule has 200 valence electrons. The highest BCUT2D eigenvalue weighted by Gasteiger charge is 2.59. The van der Waals surface area contributed by atoms with E-state index in [0.29, 0.717) is 23.5 Å². The van der Waals surface area contributed by atoms with Crippen LogP contribution in [0.5, 0.6) is 0 Å². The van der Waals surface area contributed by atoms with E-state index in [-0.39, 0.29) is 48.1 Å². The highest BCUT2D eigenvalue weighted by atomic mass is 32.1. The Kier molecular flexibility index (Phi) is 7.15. The molecule has 37 heavy (non-hydrogen) atoms. The molecule has 5 rings (SSSR count). The molecule has 3 aliphatic rings. The van der Waals surface area contributed by atoms with Crippen LogP contribution in [-0.4, -0.2) is 45.8 Å². The topological polar surface area (TPSA) is 112 Å². The van der Waals surface area contributed by atoms with Crippen molar-refractivity contribution in [2.75, 3.05) is 11.9 Å². The summed E-state index contributed by atoms with van der Waals surface area (Å²) in [5.74, 6) is -1.03. The van der Waals surface area contributed by atoms with Gasteiger partial charge in [0.05, 0.1) is 18.4 Å². The van der Waals surface area contributed by atoms with Crippen LogP contribution in [0.4, 0.5) is 9.52 Å². The van der Waals surface area contributed by atoms with Crippen molar-refractivity contribution in [2.45, 2.75) is 83.3 Å². The third kappa shape index (κ3) is 4.81. The van der Waals surface area contributed by atoms with Crippen molar-refractivity contribution in [2.24, 2.45) is 16.7 Å². The van der Waals surface area contributed by atoms with Crippen molar-refractivity contribution < 1.29 is 24.2 Å². The molecule has 1 aromatic heterocycles. The van der Waals surface area contributed by atoms with Crippen molar-refractivity contribution in [3.63, 3.8) is 0 Å². The Morgan fingerprint density at radius 3 is 2.54 bits per heavy atom. The first-order chi connectivity index (χ1) is 17.6. The van der Waals surface area contributed by atoms with Gasteiger partial charge in [0, 0.05) is 34.2 Å². The number of anilines is 1. The zero-order valence-electron chi connectivity index (χ0n) is 21.4. The minimum absolute atomic E-state index is 0.00597. The second kappa shape index (κ2) is 10.1. The number of rotatable bonds is 6. The van der Waals surface area contributed by atoms with E-state index in [1.807, 2.05) is 6.92 Å². The van der Waals surface area contributed by atoms with Crippen molar-refractivity contribution in [3.05, 3.63) is 46.2 Å². The smallest absolute Gasteiger partial charge is 0.257 e. The van der Waals surface area contributed by atoms with E-state index in [1.165, 1.54) is 35.6 Å². The number of aliphatic hydroxyl groups excluding tert-OH is 2. The van der Waals surface area contributed by atoms with Crippen LogP contribution in [-0.2, 0) is 11.2 Å². The van der Waals surface area contributed by atoms with E-state index in [2.05, 4.69) is 17.6 Å². The summed E-state index contributed by atoms with van der Waals surface area (Å²) in [7, 11) is 0. The molecule has 0 radical (unpaired) electrons. The molecule has 2 aromatic rings. The number of hydrogen-bond donors (Lipinski definition) is 4. The van der Waals surface area contributed by atoms with Gasteiger partial charge in [0.15, 0.2) is 5.13 Å². The molecule has 0 bridgehead atoms. The van der Waals surface area contributed by atoms with Gasteiger partial charge in [0.1, 0.15) is 5.82 Å². The number of benzene rings is 1. The summed E-state index contributed by atoms with van der Waals surface area (Å²) in [4.78, 5) is 31.9. The molecule has 5 atom stereocenters. The second-order valence-corrected chi connectivity index (χ2v) is 12.7. The molecule has 1 heterocycles. The molecule has 4 N–H and O–H groups in total. The second-order valence-electron chi connectivity index (χ2n) is 11.6. The summed E-state index contributed by atoms with van der Waals surface area (Å²) in [5, 5.41) is 27.8. The van der Waals surface area contributed by atoms with Crippen LogP contribution in [0.3, 0.4) is 0 Å². The largest absolute Gasteiger partial charge is 0.396 e. The fourth-order valence-electron chi connectivity index (χ4n) is 7.01. The molecule has 0 saturated heterocycles. The molecule has 2 amide bonds. The maximum atomic E-state index is 13.3. The zero-order valence-corrected chi connectivity index (χ0v) is 22.2. The van der Waals surface area contributed by atoms with Crippen LogP contribution >= 0.6 is 11.3 Å². The Labute approximate surface area is 220 Å². The van der Waals surface area contributed by atoms with Crippen molar-refractivity contribution >= 4 is 28.3 Å². The molecule has 7 nitrogen and oxygen atoms in total. The fraction of sp³-hybridized carbons (Fsp3) is 0.607. The molecule has 2 saturated carbocycles. The van der Waals surface area contributed by atoms with Crippen LogP contribution in [0.25, 0.3) is 0 Å². The van der Waals surface area contributed by atoms with Crippen molar-refractivity contribution in [1.82, 2.24) is 10.3 Å². The van der Waals surface area contributed by atoms with E-state index in [1.54, 1.807) is 0 Å². The van der Waals surface area contributed by atoms with Gasteiger partial charge >= 0.3 is 0 Å². The highest BCUT2D eigenvalue weighted by molar-refractivity contribution is 7.15. The standard InChI is InChI=1S/C28H36FN3O4S/c1-27-12-11-22(34)28(2,15-33)21(27)14-20-24(19(27)13-23(35)30-18-5-3-4-6-18)31-26(37-20)32-25(36)16-7-9-17(29)10-8-16/h7-10,18-19,21-22,33-34H,3-6,11-15H2,1-2H3,(H,30,35)(H,31,32,36)/t19-,21+,22-,27+,28+/m1/s1. The third-order valence-corrected chi connectivity index (χ3v) is 10.3. The Balaban J connectivity index is 1.47. The number of carbonyl (C=O) groups excluding carboxylic acids is 2. The number of nitrogens with one attached hydrogen (secondary N) is 2. The minimum Gasteiger partial charge on any atom is -0.396 e. The number of thiazole rings is 1. The first kappa shape index (κ1) is 26.3. The Hall–Kier alpha value is -2.36. The molecular weight excluding hydrogens is 493 g/mol. The summed E-state index contributed by atoms with van der Waals surface area (Å²) >= 11 is 1.38. The normalized spacial score (nSPS) is 31.4. The molecule has 3 aliphatic carbocycles. The van der Waals surface area contributed by atoms with Gasteiger partial charge in [-0.15, -0.1) is 11.3 Å². The first-order valence-electron chi connectivity index (χ1n) is 13.3. The summed E-state index contributed by atoms with van der Waals surface area (Å²) in [5.41, 5.74) is 0.116. The fourth-order valence-corrected chi connectivity index (χ4v) is 8.08. The lowest BCUT2D eigenvalue weighted by Gasteiger charge is -2.58. The molecule has 9 heteroatoms. The van der Waals surface area contributed by atoms with E-state index >= 15 is 0 Å². The Morgan fingerprint density at radius 1 is 1.16 bits per heavy atom. The van der Waals surface area contributed by atoms with Gasteiger partial charge in [0.2, 0.25) is 5.91 Å². The molecule has 0 spiro atoms. The molecule has 1 aromatic carbocycles. The van der Waals surface area contributed by atoms with E-state index in [9.17, 15) is 24.2 Å². The average molecular weight is 530 g/mol. The summed E-state index contributed by atoms with van der Waals surface area (Å²) in [6.45, 7) is 3.97. The van der Waals surface area contributed by atoms with Crippen LogP contribution in [0, 0.1) is 22.6 Å². The van der Waals surface area contributed by atoms with Gasteiger partial charge in [-0.1, -0.05) is 26.7 Å². The summed E-state index contributed by atoms with van der Waals surface area (Å²) < 4.78 is 13.3. The third-order valence-electron chi connectivity index (χ3n) is 9.33. The van der Waals surface area contributed by atoms with Crippen LogP contribution in [0.1, 0.15) is 85.6 Å². The van der Waals surface area contributed by atoms with Crippen LogP contribution < -0.4 is 10.6 Å². The number of amides is 2. The highest BCUT2D eigenvalue weighted by Crippen LogP contribution is 2.62. The minimum atomic E-state index is -0.702. The molecule has 0 aliphatic heterocycles. The lowest BCUT2D eigenvalue weighted by atomic mass is 9.47. The molecule has 2 fully saturated rings. The monoisotopic (exact) mass is 529 g/mol. The van der Waals surface area contributed by atoms with Gasteiger partial charge in [-0.2, -0.15) is 0 Å². The lowest BCUT2D eigenvalue weighted by Crippen LogP contribution is -2.57. The number of carbonyl (C=O) groups is 2. The molecular formula is C28H36FN3O4S. The predicted octanol–water partition coefficient (Wildman–Crippen LogP) is 4.40. The Bertz CT molecular complexity index is 1160. The van der Waals surface area contributed by atoms with Gasteiger partial charge < -0.3 is 15.5 Å². The van der Waals surface area contributed by atoms with E-state index in [0.717, 1.165) is 42.7 Å². The lowest BCUT2D eigenvalue weighted by molar-refractivity contribution is -0.144. The number of aromatic nitrogens is 1. The number of aliphatic hydroxyl groups is 2. The molecule has 0 unspecified atom stereocenters. The number of halogens is 1. The number of hydrogen-bond acceptors (Lipinski definition) is 6. The maximum absolute atomic E-state index is 13.3. The predicted molar refractivity (Wildman–Crippen MR) is 140 cm³/mol. The zero-order chi connectivity index (χ0) is 26.4. The number of nitrogens with zero attached hydrogens (tertiary/aromatic N) is 1. The Morgan fingerprint density at radius 2 is 1.86 bits per heavy atom. The van der Waals surface area contributed by atoms with Crippen LogP contribution in [0.15, 0.2) is 24.3 Å². The summed E-state index contributed by atoms with van der Waals surface area (Å²) in [6, 6.07) is 5.56. The van der Waals surface area contributed by atoms with Gasteiger partial charge in [-0.3, -0.25) is 14.9 Å². The quantitative estimate of drug-likeness (QED) is 0.443. The average Bonchev–Trinajstić information content (AvgIpc) is 3.53. The van der Waals surface area contributed by atoms with Crippen molar-refractivity contribution in [1.29, 1.82) is 0 Å². The van der Waals surface area contributed by atoms with Crippen molar-refractivity contribution in [3.8, 4) is 0 Å². The first-order valence-corrected chi connectivity index (χ1v) is 14.1.